The summed E-state index contributed by atoms with van der Waals surface area (Å²) in [7, 11) is 0. The van der Waals surface area contributed by atoms with E-state index in [1.165, 1.54) is 19.3 Å². The third kappa shape index (κ3) is 4.43. The fourth-order valence-electron chi connectivity index (χ4n) is 2.99. The second-order valence-corrected chi connectivity index (χ2v) is 5.89. The monoisotopic (exact) mass is 284 g/mol. The van der Waals surface area contributed by atoms with Crippen LogP contribution in [0.4, 0.5) is 0 Å². The number of carbonyl (C=O) groups excluding carboxylic acids is 1. The number of hydrogen-bond donors (Lipinski definition) is 2. The molecule has 2 N–H and O–H groups in total. The van der Waals surface area contributed by atoms with Gasteiger partial charge in [0.2, 0.25) is 5.91 Å². The zero-order chi connectivity index (χ0) is 14.3. The van der Waals surface area contributed by atoms with E-state index in [9.17, 15) is 4.79 Å². The number of amides is 1. The Bertz CT molecular complexity index is 297. The maximum atomic E-state index is 12.1. The summed E-state index contributed by atoms with van der Waals surface area (Å²) < 4.78 is 11.4. The van der Waals surface area contributed by atoms with E-state index < -0.39 is 0 Å². The Hall–Kier alpha value is -0.650. The minimum Gasteiger partial charge on any atom is -0.378 e. The molecule has 0 radical (unpaired) electrons. The van der Waals surface area contributed by atoms with Crippen LogP contribution in [0.5, 0.6) is 0 Å². The minimum absolute atomic E-state index is 0.0368. The van der Waals surface area contributed by atoms with E-state index in [4.69, 9.17) is 9.47 Å². The van der Waals surface area contributed by atoms with Crippen LogP contribution in [0.15, 0.2) is 0 Å². The fraction of sp³-hybridized carbons (Fsp3) is 0.933. The quantitative estimate of drug-likeness (QED) is 0.770. The molecule has 0 bridgehead atoms. The maximum Gasteiger partial charge on any atom is 0.239 e. The third-order valence-electron chi connectivity index (χ3n) is 4.20. The molecule has 1 aliphatic heterocycles. The van der Waals surface area contributed by atoms with Crippen molar-refractivity contribution in [1.29, 1.82) is 0 Å². The van der Waals surface area contributed by atoms with Gasteiger partial charge in [-0.3, -0.25) is 4.79 Å². The van der Waals surface area contributed by atoms with E-state index >= 15 is 0 Å². The van der Waals surface area contributed by atoms with Gasteiger partial charge in [0.15, 0.2) is 0 Å². The predicted octanol–water partition coefficient (Wildman–Crippen LogP) is 1.22. The van der Waals surface area contributed by atoms with Crippen molar-refractivity contribution in [2.75, 3.05) is 32.9 Å². The summed E-state index contributed by atoms with van der Waals surface area (Å²) in [6.45, 7) is 5.43. The normalized spacial score (nSPS) is 26.1. The number of ether oxygens (including phenoxy) is 2. The van der Waals surface area contributed by atoms with E-state index in [1.54, 1.807) is 0 Å². The van der Waals surface area contributed by atoms with Crippen molar-refractivity contribution in [2.24, 2.45) is 0 Å². The number of nitrogens with one attached hydrogen (secondary N) is 2. The van der Waals surface area contributed by atoms with Gasteiger partial charge in [-0.15, -0.1) is 0 Å². The van der Waals surface area contributed by atoms with Gasteiger partial charge < -0.3 is 20.1 Å². The summed E-state index contributed by atoms with van der Waals surface area (Å²) in [4.78, 5) is 12.1. The second-order valence-electron chi connectivity index (χ2n) is 5.89. The van der Waals surface area contributed by atoms with Gasteiger partial charge in [-0.05, 0) is 19.3 Å². The van der Waals surface area contributed by atoms with Crippen LogP contribution in [0.3, 0.4) is 0 Å². The highest BCUT2D eigenvalue weighted by atomic mass is 16.5. The average molecular weight is 284 g/mol. The lowest BCUT2D eigenvalue weighted by atomic mass is 9.84. The molecule has 1 saturated carbocycles. The van der Waals surface area contributed by atoms with Crippen molar-refractivity contribution in [3.8, 4) is 0 Å². The maximum absolute atomic E-state index is 12.1. The summed E-state index contributed by atoms with van der Waals surface area (Å²) in [6.07, 6.45) is 6.81. The molecule has 1 unspecified atom stereocenters. The van der Waals surface area contributed by atoms with E-state index in [0.717, 1.165) is 32.4 Å². The first-order valence-electron chi connectivity index (χ1n) is 7.98. The summed E-state index contributed by atoms with van der Waals surface area (Å²) >= 11 is 0. The van der Waals surface area contributed by atoms with Gasteiger partial charge in [-0.1, -0.05) is 26.2 Å². The molecule has 0 aromatic carbocycles. The van der Waals surface area contributed by atoms with Gasteiger partial charge in [-0.2, -0.15) is 0 Å². The molecule has 1 aliphatic carbocycles. The highest BCUT2D eigenvalue weighted by molar-refractivity contribution is 5.82. The molecule has 1 atom stereocenters. The zero-order valence-electron chi connectivity index (χ0n) is 12.6. The van der Waals surface area contributed by atoms with Crippen LogP contribution in [0.2, 0.25) is 0 Å². The highest BCUT2D eigenvalue weighted by Crippen LogP contribution is 2.31. The first-order valence-corrected chi connectivity index (χ1v) is 7.98. The van der Waals surface area contributed by atoms with Crippen LogP contribution >= 0.6 is 0 Å². The number of rotatable bonds is 6. The van der Waals surface area contributed by atoms with E-state index in [0.29, 0.717) is 19.8 Å². The molecule has 116 valence electrons. The van der Waals surface area contributed by atoms with Gasteiger partial charge in [0.25, 0.3) is 0 Å². The lowest BCUT2D eigenvalue weighted by Crippen LogP contribution is -2.55. The van der Waals surface area contributed by atoms with Crippen molar-refractivity contribution >= 4 is 5.91 Å². The number of carbonyl (C=O) groups is 1. The van der Waals surface area contributed by atoms with E-state index in [-0.39, 0.29) is 17.6 Å². The van der Waals surface area contributed by atoms with Crippen LogP contribution in [0.25, 0.3) is 0 Å². The SMILES string of the molecule is CCCOC1(CNC(=O)C2COCCN2)CCCCC1. The van der Waals surface area contributed by atoms with Gasteiger partial charge >= 0.3 is 0 Å². The highest BCUT2D eigenvalue weighted by Gasteiger charge is 2.34. The van der Waals surface area contributed by atoms with E-state index in [1.807, 2.05) is 0 Å². The van der Waals surface area contributed by atoms with Gasteiger partial charge in [0.05, 0.1) is 18.8 Å². The van der Waals surface area contributed by atoms with Crippen molar-refractivity contribution < 1.29 is 14.3 Å². The Morgan fingerprint density at radius 2 is 2.20 bits per heavy atom. The van der Waals surface area contributed by atoms with Crippen molar-refractivity contribution in [3.63, 3.8) is 0 Å². The molecule has 1 saturated heterocycles. The topological polar surface area (TPSA) is 59.6 Å². The van der Waals surface area contributed by atoms with Crippen LogP contribution < -0.4 is 10.6 Å². The van der Waals surface area contributed by atoms with Gasteiger partial charge in [0.1, 0.15) is 6.04 Å². The first kappa shape index (κ1) is 15.7. The molecule has 1 amide bonds. The molecular weight excluding hydrogens is 256 g/mol. The molecular formula is C15H28N2O3. The number of morpholine rings is 1. The lowest BCUT2D eigenvalue weighted by molar-refractivity contribution is -0.129. The molecule has 2 fully saturated rings. The largest absolute Gasteiger partial charge is 0.378 e. The average Bonchev–Trinajstić information content (AvgIpc) is 2.52. The fourth-order valence-corrected chi connectivity index (χ4v) is 2.99. The second kappa shape index (κ2) is 7.96. The van der Waals surface area contributed by atoms with Gasteiger partial charge in [-0.25, -0.2) is 0 Å². The van der Waals surface area contributed by atoms with Crippen molar-refractivity contribution in [3.05, 3.63) is 0 Å². The summed E-state index contributed by atoms with van der Waals surface area (Å²) in [5.41, 5.74) is -0.139. The van der Waals surface area contributed by atoms with Crippen molar-refractivity contribution in [1.82, 2.24) is 10.6 Å². The van der Waals surface area contributed by atoms with Gasteiger partial charge in [0, 0.05) is 19.7 Å². The van der Waals surface area contributed by atoms with Crippen LogP contribution in [-0.4, -0.2) is 50.5 Å². The smallest absolute Gasteiger partial charge is 0.239 e. The molecule has 1 heterocycles. The Balaban J connectivity index is 1.82. The standard InChI is InChI=1S/C15H28N2O3/c1-2-9-20-15(6-4-3-5-7-15)12-17-14(18)13-11-19-10-8-16-13/h13,16H,2-12H2,1H3,(H,17,18). The molecule has 5 nitrogen and oxygen atoms in total. The zero-order valence-corrected chi connectivity index (χ0v) is 12.6. The van der Waals surface area contributed by atoms with Crippen molar-refractivity contribution in [2.45, 2.75) is 57.1 Å². The molecule has 5 heteroatoms. The molecule has 2 aliphatic rings. The molecule has 20 heavy (non-hydrogen) atoms. The predicted molar refractivity (Wildman–Crippen MR) is 77.7 cm³/mol. The molecule has 0 aromatic heterocycles. The number of hydrogen-bond acceptors (Lipinski definition) is 4. The van der Waals surface area contributed by atoms with Crippen LogP contribution in [0.1, 0.15) is 45.4 Å². The molecule has 0 aromatic rings. The third-order valence-corrected chi connectivity index (χ3v) is 4.20. The van der Waals surface area contributed by atoms with E-state index in [2.05, 4.69) is 17.6 Å². The summed E-state index contributed by atoms with van der Waals surface area (Å²) in [5, 5.41) is 6.25. The summed E-state index contributed by atoms with van der Waals surface area (Å²) in [5.74, 6) is 0.0368. The Morgan fingerprint density at radius 1 is 1.40 bits per heavy atom. The molecule has 2 rings (SSSR count). The Kier molecular flexibility index (Phi) is 6.26. The summed E-state index contributed by atoms with van der Waals surface area (Å²) in [6, 6.07) is -0.212. The van der Waals surface area contributed by atoms with Crippen LogP contribution in [0, 0.1) is 0 Å². The lowest BCUT2D eigenvalue weighted by Gasteiger charge is -2.38. The van der Waals surface area contributed by atoms with Crippen LogP contribution in [-0.2, 0) is 14.3 Å². The Morgan fingerprint density at radius 3 is 2.85 bits per heavy atom. The minimum atomic E-state index is -0.212. The first-order chi connectivity index (χ1) is 9.76. The molecule has 0 spiro atoms. The Labute approximate surface area is 121 Å².